The van der Waals surface area contributed by atoms with Gasteiger partial charge in [-0.05, 0) is 6.92 Å². The molecular formula is C14H19N5O3. The van der Waals surface area contributed by atoms with Crippen LogP contribution in [0.1, 0.15) is 24.2 Å². The molecule has 2 heterocycles. The van der Waals surface area contributed by atoms with Gasteiger partial charge in [0.05, 0.1) is 29.6 Å². The number of carboxylic acid groups (broad SMARTS) is 1. The molecule has 8 heteroatoms. The first-order chi connectivity index (χ1) is 10.4. The van der Waals surface area contributed by atoms with Gasteiger partial charge in [-0.15, -0.1) is 0 Å². The fourth-order valence-corrected chi connectivity index (χ4v) is 2.11. The number of carbonyl (C=O) groups excluding carboxylic acids is 1. The third-order valence-corrected chi connectivity index (χ3v) is 3.43. The van der Waals surface area contributed by atoms with Gasteiger partial charge in [0.2, 0.25) is 0 Å². The smallest absolute Gasteiger partial charge is 0.308 e. The standard InChI is InChI=1S/C14H19N5O3/c1-4-19-8-10(5-16-19)12-11(6-15-17-12)13(20)18(3)7-9(2)14(21)22/h5-6,8-9H,4,7H2,1-3H3,(H,15,17)(H,21,22). The van der Waals surface area contributed by atoms with Crippen molar-refractivity contribution in [3.8, 4) is 11.3 Å². The summed E-state index contributed by atoms with van der Waals surface area (Å²) in [6, 6.07) is 0. The summed E-state index contributed by atoms with van der Waals surface area (Å²) in [6.07, 6.45) is 4.93. The summed E-state index contributed by atoms with van der Waals surface area (Å²) in [5, 5.41) is 19.8. The second-order valence-corrected chi connectivity index (χ2v) is 5.17. The second kappa shape index (κ2) is 6.42. The van der Waals surface area contributed by atoms with E-state index in [-0.39, 0.29) is 12.5 Å². The molecule has 0 radical (unpaired) electrons. The SMILES string of the molecule is CCn1cc(-c2[nH]ncc2C(=O)N(C)CC(C)C(=O)O)cn1. The van der Waals surface area contributed by atoms with Crippen LogP contribution >= 0.6 is 0 Å². The number of aromatic amines is 1. The molecule has 1 amide bonds. The van der Waals surface area contributed by atoms with Crippen LogP contribution in [-0.2, 0) is 11.3 Å². The lowest BCUT2D eigenvalue weighted by Gasteiger charge is -2.19. The van der Waals surface area contributed by atoms with E-state index < -0.39 is 11.9 Å². The van der Waals surface area contributed by atoms with Gasteiger partial charge in [-0.25, -0.2) is 0 Å². The minimum absolute atomic E-state index is 0.132. The maximum absolute atomic E-state index is 12.5. The van der Waals surface area contributed by atoms with Gasteiger partial charge < -0.3 is 10.0 Å². The highest BCUT2D eigenvalue weighted by molar-refractivity contribution is 5.99. The maximum Gasteiger partial charge on any atom is 0.308 e. The van der Waals surface area contributed by atoms with Crippen molar-refractivity contribution in [1.29, 1.82) is 0 Å². The van der Waals surface area contributed by atoms with E-state index >= 15 is 0 Å². The zero-order chi connectivity index (χ0) is 16.3. The fourth-order valence-electron chi connectivity index (χ4n) is 2.11. The Hall–Kier alpha value is -2.64. The number of nitrogens with one attached hydrogen (secondary N) is 1. The molecule has 2 aromatic rings. The predicted octanol–water partition coefficient (Wildman–Crippen LogP) is 1.09. The van der Waals surface area contributed by atoms with Gasteiger partial charge in [-0.2, -0.15) is 10.2 Å². The lowest BCUT2D eigenvalue weighted by Crippen LogP contribution is -2.33. The molecule has 0 bridgehead atoms. The molecule has 0 aromatic carbocycles. The highest BCUT2D eigenvalue weighted by atomic mass is 16.4. The molecule has 1 atom stereocenters. The Balaban J connectivity index is 2.21. The van der Waals surface area contributed by atoms with E-state index in [2.05, 4.69) is 15.3 Å². The predicted molar refractivity (Wildman–Crippen MR) is 79.2 cm³/mol. The minimum atomic E-state index is -0.934. The lowest BCUT2D eigenvalue weighted by atomic mass is 10.1. The Morgan fingerprint density at radius 3 is 2.77 bits per heavy atom. The fraction of sp³-hybridized carbons (Fsp3) is 0.429. The zero-order valence-electron chi connectivity index (χ0n) is 12.8. The number of hydrogen-bond donors (Lipinski definition) is 2. The molecule has 0 saturated carbocycles. The third-order valence-electron chi connectivity index (χ3n) is 3.43. The van der Waals surface area contributed by atoms with E-state index in [0.29, 0.717) is 11.3 Å². The minimum Gasteiger partial charge on any atom is -0.481 e. The van der Waals surface area contributed by atoms with Crippen LogP contribution in [0.4, 0.5) is 0 Å². The van der Waals surface area contributed by atoms with Crippen LogP contribution in [-0.4, -0.2) is 55.5 Å². The summed E-state index contributed by atoms with van der Waals surface area (Å²) in [7, 11) is 1.58. The van der Waals surface area contributed by atoms with Gasteiger partial charge >= 0.3 is 5.97 Å². The Labute approximate surface area is 127 Å². The van der Waals surface area contributed by atoms with Crippen molar-refractivity contribution in [3.05, 3.63) is 24.2 Å². The second-order valence-electron chi connectivity index (χ2n) is 5.17. The van der Waals surface area contributed by atoms with E-state index in [4.69, 9.17) is 5.11 Å². The van der Waals surface area contributed by atoms with Crippen LogP contribution in [0, 0.1) is 5.92 Å². The summed E-state index contributed by atoms with van der Waals surface area (Å²) in [5.41, 5.74) is 1.75. The third kappa shape index (κ3) is 3.16. The Morgan fingerprint density at radius 2 is 2.18 bits per heavy atom. The number of rotatable bonds is 6. The lowest BCUT2D eigenvalue weighted by molar-refractivity contribution is -0.141. The van der Waals surface area contributed by atoms with E-state index in [9.17, 15) is 9.59 Å². The number of nitrogens with zero attached hydrogens (tertiary/aromatic N) is 4. The number of amides is 1. The van der Waals surface area contributed by atoms with Crippen molar-refractivity contribution >= 4 is 11.9 Å². The van der Waals surface area contributed by atoms with Crippen LogP contribution in [0.3, 0.4) is 0 Å². The molecule has 2 N–H and O–H groups in total. The van der Waals surface area contributed by atoms with Gasteiger partial charge in [0, 0.05) is 31.9 Å². The van der Waals surface area contributed by atoms with Crippen molar-refractivity contribution in [3.63, 3.8) is 0 Å². The zero-order valence-corrected chi connectivity index (χ0v) is 12.8. The molecule has 0 spiro atoms. The normalized spacial score (nSPS) is 12.1. The Kier molecular flexibility index (Phi) is 4.59. The number of aryl methyl sites for hydroxylation is 1. The Morgan fingerprint density at radius 1 is 1.45 bits per heavy atom. The van der Waals surface area contributed by atoms with Gasteiger partial charge in [0.25, 0.3) is 5.91 Å². The average Bonchev–Trinajstić information content (AvgIpc) is 3.14. The van der Waals surface area contributed by atoms with Crippen LogP contribution in [0.25, 0.3) is 11.3 Å². The summed E-state index contributed by atoms with van der Waals surface area (Å²) in [5.74, 6) is -1.84. The molecule has 0 aliphatic rings. The summed E-state index contributed by atoms with van der Waals surface area (Å²) in [6.45, 7) is 4.39. The number of carbonyl (C=O) groups is 2. The molecule has 8 nitrogen and oxygen atoms in total. The quantitative estimate of drug-likeness (QED) is 0.831. The molecule has 118 valence electrons. The highest BCUT2D eigenvalue weighted by Gasteiger charge is 2.22. The van der Waals surface area contributed by atoms with Crippen LogP contribution in [0.5, 0.6) is 0 Å². The van der Waals surface area contributed by atoms with Crippen molar-refractivity contribution in [2.24, 2.45) is 5.92 Å². The van der Waals surface area contributed by atoms with Crippen molar-refractivity contribution in [2.45, 2.75) is 20.4 Å². The molecule has 0 aliphatic heterocycles. The van der Waals surface area contributed by atoms with Crippen LogP contribution < -0.4 is 0 Å². The highest BCUT2D eigenvalue weighted by Crippen LogP contribution is 2.21. The van der Waals surface area contributed by atoms with Gasteiger partial charge in [0.1, 0.15) is 0 Å². The first-order valence-corrected chi connectivity index (χ1v) is 6.98. The van der Waals surface area contributed by atoms with Crippen molar-refractivity contribution in [1.82, 2.24) is 24.9 Å². The van der Waals surface area contributed by atoms with Crippen molar-refractivity contribution in [2.75, 3.05) is 13.6 Å². The van der Waals surface area contributed by atoms with E-state index in [1.54, 1.807) is 24.9 Å². The van der Waals surface area contributed by atoms with Gasteiger partial charge in [0.15, 0.2) is 0 Å². The van der Waals surface area contributed by atoms with Crippen LogP contribution in [0.2, 0.25) is 0 Å². The molecule has 0 aliphatic carbocycles. The molecule has 0 fully saturated rings. The Bertz CT molecular complexity index is 676. The number of H-pyrrole nitrogens is 1. The summed E-state index contributed by atoms with van der Waals surface area (Å²) >= 11 is 0. The van der Waals surface area contributed by atoms with E-state index in [1.165, 1.54) is 11.1 Å². The molecule has 22 heavy (non-hydrogen) atoms. The topological polar surface area (TPSA) is 104 Å². The van der Waals surface area contributed by atoms with E-state index in [0.717, 1.165) is 12.1 Å². The first kappa shape index (κ1) is 15.7. The summed E-state index contributed by atoms with van der Waals surface area (Å²) in [4.78, 5) is 24.8. The maximum atomic E-state index is 12.5. The number of carboxylic acids is 1. The number of aromatic nitrogens is 4. The first-order valence-electron chi connectivity index (χ1n) is 6.98. The molecule has 2 aromatic heterocycles. The molecular weight excluding hydrogens is 286 g/mol. The molecule has 0 saturated heterocycles. The van der Waals surface area contributed by atoms with Gasteiger partial charge in [-0.1, -0.05) is 6.92 Å². The largest absolute Gasteiger partial charge is 0.481 e. The monoisotopic (exact) mass is 305 g/mol. The number of hydrogen-bond acceptors (Lipinski definition) is 4. The van der Waals surface area contributed by atoms with E-state index in [1.807, 2.05) is 13.1 Å². The molecule has 2 rings (SSSR count). The average molecular weight is 305 g/mol. The van der Waals surface area contributed by atoms with Gasteiger partial charge in [-0.3, -0.25) is 19.4 Å². The van der Waals surface area contributed by atoms with Crippen LogP contribution in [0.15, 0.2) is 18.6 Å². The summed E-state index contributed by atoms with van der Waals surface area (Å²) < 4.78 is 1.75. The molecule has 1 unspecified atom stereocenters. The number of aliphatic carboxylic acids is 1. The van der Waals surface area contributed by atoms with Crippen molar-refractivity contribution < 1.29 is 14.7 Å².